The number of H-pyrrole nitrogens is 1. The number of aromatic carboxylic acids is 1. The summed E-state index contributed by atoms with van der Waals surface area (Å²) in [5.41, 5.74) is 2.99. The Balaban J connectivity index is 2.31. The van der Waals surface area contributed by atoms with Crippen LogP contribution in [0.1, 0.15) is 27.3 Å². The normalized spacial score (nSPS) is 10.3. The van der Waals surface area contributed by atoms with Crippen LogP contribution in [0, 0.1) is 6.92 Å². The summed E-state index contributed by atoms with van der Waals surface area (Å²) in [6.45, 7) is 2.01. The van der Waals surface area contributed by atoms with E-state index >= 15 is 0 Å². The van der Waals surface area contributed by atoms with Gasteiger partial charge in [0.15, 0.2) is 5.69 Å². The van der Waals surface area contributed by atoms with E-state index in [1.165, 1.54) is 6.33 Å². The number of rotatable bonds is 3. The molecule has 82 valence electrons. The second-order valence-corrected chi connectivity index (χ2v) is 3.64. The molecule has 0 spiro atoms. The third-order valence-corrected chi connectivity index (χ3v) is 2.55. The molecule has 1 heterocycles. The zero-order chi connectivity index (χ0) is 11.5. The van der Waals surface area contributed by atoms with Crippen LogP contribution >= 0.6 is 0 Å². The standard InChI is InChI=1S/C12H12N2O2/c1-8-4-2-3-5-9(8)6-10-11(12(15)16)14-7-13-10/h2-5,7H,6H2,1H3,(H,13,14)(H,15,16). The van der Waals surface area contributed by atoms with Crippen LogP contribution in [-0.2, 0) is 6.42 Å². The average Bonchev–Trinajstić information content (AvgIpc) is 2.69. The van der Waals surface area contributed by atoms with Gasteiger partial charge in [-0.25, -0.2) is 9.78 Å². The van der Waals surface area contributed by atoms with E-state index in [4.69, 9.17) is 5.11 Å². The molecule has 0 saturated heterocycles. The number of nitrogens with one attached hydrogen (secondary N) is 1. The molecule has 4 heteroatoms. The zero-order valence-electron chi connectivity index (χ0n) is 8.90. The smallest absolute Gasteiger partial charge is 0.356 e. The fraction of sp³-hybridized carbons (Fsp3) is 0.167. The summed E-state index contributed by atoms with van der Waals surface area (Å²) >= 11 is 0. The quantitative estimate of drug-likeness (QED) is 0.824. The van der Waals surface area contributed by atoms with Crippen LogP contribution in [0.4, 0.5) is 0 Å². The van der Waals surface area contributed by atoms with Gasteiger partial charge in [-0.3, -0.25) is 0 Å². The summed E-state index contributed by atoms with van der Waals surface area (Å²) in [5.74, 6) is -0.996. The minimum atomic E-state index is -0.996. The summed E-state index contributed by atoms with van der Waals surface area (Å²) in [6, 6.07) is 7.90. The highest BCUT2D eigenvalue weighted by atomic mass is 16.4. The molecular formula is C12H12N2O2. The van der Waals surface area contributed by atoms with Crippen molar-refractivity contribution in [3.05, 3.63) is 53.1 Å². The maximum atomic E-state index is 10.9. The molecule has 2 rings (SSSR count). The third kappa shape index (κ3) is 1.95. The van der Waals surface area contributed by atoms with Crippen LogP contribution < -0.4 is 0 Å². The van der Waals surface area contributed by atoms with E-state index in [0.717, 1.165) is 11.1 Å². The van der Waals surface area contributed by atoms with Gasteiger partial charge >= 0.3 is 5.97 Å². The number of carbonyl (C=O) groups is 1. The molecule has 1 aromatic carbocycles. The molecule has 0 fully saturated rings. The Kier molecular flexibility index (Phi) is 2.72. The monoisotopic (exact) mass is 216 g/mol. The van der Waals surface area contributed by atoms with Crippen LogP contribution in [0.25, 0.3) is 0 Å². The van der Waals surface area contributed by atoms with E-state index in [1.54, 1.807) is 0 Å². The van der Waals surface area contributed by atoms with Crippen LogP contribution in [0.2, 0.25) is 0 Å². The maximum absolute atomic E-state index is 10.9. The highest BCUT2D eigenvalue weighted by molar-refractivity contribution is 5.86. The summed E-state index contributed by atoms with van der Waals surface area (Å²) in [7, 11) is 0. The van der Waals surface area contributed by atoms with Crippen molar-refractivity contribution in [2.75, 3.05) is 0 Å². The van der Waals surface area contributed by atoms with E-state index in [2.05, 4.69) is 9.97 Å². The Morgan fingerprint density at radius 3 is 2.88 bits per heavy atom. The number of aromatic amines is 1. The minimum absolute atomic E-state index is 0.100. The Bertz CT molecular complexity index is 517. The summed E-state index contributed by atoms with van der Waals surface area (Å²) in [4.78, 5) is 17.5. The number of benzene rings is 1. The van der Waals surface area contributed by atoms with Gasteiger partial charge in [0, 0.05) is 6.42 Å². The Hall–Kier alpha value is -2.10. The molecule has 0 aliphatic heterocycles. The number of carboxylic acids is 1. The van der Waals surface area contributed by atoms with E-state index < -0.39 is 5.97 Å². The number of nitrogens with zero attached hydrogens (tertiary/aromatic N) is 1. The second-order valence-electron chi connectivity index (χ2n) is 3.64. The van der Waals surface area contributed by atoms with Gasteiger partial charge in [-0.05, 0) is 18.1 Å². The molecule has 0 aliphatic carbocycles. The van der Waals surface area contributed by atoms with Gasteiger partial charge in [-0.15, -0.1) is 0 Å². The number of aryl methyl sites for hydroxylation is 1. The van der Waals surface area contributed by atoms with E-state index in [0.29, 0.717) is 12.1 Å². The number of carboxylic acid groups (broad SMARTS) is 1. The SMILES string of the molecule is Cc1ccccc1Cc1[nH]cnc1C(=O)O. The molecule has 0 atom stereocenters. The lowest BCUT2D eigenvalue weighted by Gasteiger charge is -2.04. The van der Waals surface area contributed by atoms with Gasteiger partial charge in [0.1, 0.15) is 0 Å². The zero-order valence-corrected chi connectivity index (χ0v) is 8.90. The van der Waals surface area contributed by atoms with Crippen molar-refractivity contribution >= 4 is 5.97 Å². The fourth-order valence-electron chi connectivity index (χ4n) is 1.64. The largest absolute Gasteiger partial charge is 0.476 e. The summed E-state index contributed by atoms with van der Waals surface area (Å²) in [5, 5.41) is 8.92. The average molecular weight is 216 g/mol. The Morgan fingerprint density at radius 1 is 1.44 bits per heavy atom. The van der Waals surface area contributed by atoms with Crippen LogP contribution in [0.3, 0.4) is 0 Å². The lowest BCUT2D eigenvalue weighted by Crippen LogP contribution is -2.03. The van der Waals surface area contributed by atoms with Crippen LogP contribution in [-0.4, -0.2) is 21.0 Å². The molecule has 0 amide bonds. The number of aromatic nitrogens is 2. The third-order valence-electron chi connectivity index (χ3n) is 2.55. The van der Waals surface area contributed by atoms with Gasteiger partial charge in [-0.2, -0.15) is 0 Å². The first-order chi connectivity index (χ1) is 7.68. The highest BCUT2D eigenvalue weighted by Gasteiger charge is 2.13. The van der Waals surface area contributed by atoms with E-state index in [9.17, 15) is 4.79 Å². The molecule has 0 saturated carbocycles. The second kappa shape index (κ2) is 4.18. The van der Waals surface area contributed by atoms with Crippen molar-refractivity contribution in [2.24, 2.45) is 0 Å². The van der Waals surface area contributed by atoms with Crippen molar-refractivity contribution in [3.63, 3.8) is 0 Å². The molecule has 2 aromatic rings. The van der Waals surface area contributed by atoms with Gasteiger partial charge in [0.05, 0.1) is 12.0 Å². The predicted molar refractivity (Wildman–Crippen MR) is 59.5 cm³/mol. The summed E-state index contributed by atoms with van der Waals surface area (Å²) in [6.07, 6.45) is 1.98. The molecule has 0 unspecified atom stereocenters. The van der Waals surface area contributed by atoms with Crippen molar-refractivity contribution in [2.45, 2.75) is 13.3 Å². The highest BCUT2D eigenvalue weighted by Crippen LogP contribution is 2.14. The van der Waals surface area contributed by atoms with Crippen LogP contribution in [0.15, 0.2) is 30.6 Å². The molecule has 1 aromatic heterocycles. The fourth-order valence-corrected chi connectivity index (χ4v) is 1.64. The maximum Gasteiger partial charge on any atom is 0.356 e. The molecule has 2 N–H and O–H groups in total. The molecule has 0 radical (unpaired) electrons. The number of hydrogen-bond donors (Lipinski definition) is 2. The molecule has 16 heavy (non-hydrogen) atoms. The molecule has 4 nitrogen and oxygen atoms in total. The first kappa shape index (κ1) is 10.4. The van der Waals surface area contributed by atoms with E-state index in [1.807, 2.05) is 31.2 Å². The van der Waals surface area contributed by atoms with Gasteiger partial charge < -0.3 is 10.1 Å². The minimum Gasteiger partial charge on any atom is -0.476 e. The number of hydrogen-bond acceptors (Lipinski definition) is 2. The van der Waals surface area contributed by atoms with Gasteiger partial charge in [-0.1, -0.05) is 24.3 Å². The molecule has 0 bridgehead atoms. The first-order valence-electron chi connectivity index (χ1n) is 4.98. The van der Waals surface area contributed by atoms with Gasteiger partial charge in [0.25, 0.3) is 0 Å². The lowest BCUT2D eigenvalue weighted by atomic mass is 10.0. The van der Waals surface area contributed by atoms with Crippen molar-refractivity contribution < 1.29 is 9.90 Å². The van der Waals surface area contributed by atoms with Crippen molar-refractivity contribution in [1.82, 2.24) is 9.97 Å². The molecule has 0 aliphatic rings. The van der Waals surface area contributed by atoms with Gasteiger partial charge in [0.2, 0.25) is 0 Å². The van der Waals surface area contributed by atoms with Crippen LogP contribution in [0.5, 0.6) is 0 Å². The predicted octanol–water partition coefficient (Wildman–Crippen LogP) is 2.01. The molecular weight excluding hydrogens is 204 g/mol. The van der Waals surface area contributed by atoms with Crippen molar-refractivity contribution in [3.8, 4) is 0 Å². The Labute approximate surface area is 93.0 Å². The summed E-state index contributed by atoms with van der Waals surface area (Å²) < 4.78 is 0. The number of imidazole rings is 1. The van der Waals surface area contributed by atoms with Crippen molar-refractivity contribution in [1.29, 1.82) is 0 Å². The lowest BCUT2D eigenvalue weighted by molar-refractivity contribution is 0.0690. The topological polar surface area (TPSA) is 66.0 Å². The Morgan fingerprint density at radius 2 is 2.19 bits per heavy atom. The van der Waals surface area contributed by atoms with E-state index in [-0.39, 0.29) is 5.69 Å². The first-order valence-corrected chi connectivity index (χ1v) is 4.98.